The van der Waals surface area contributed by atoms with E-state index in [1.165, 1.54) is 5.56 Å². The number of nitrogens with zero attached hydrogens (tertiary/aromatic N) is 1. The molecule has 2 N–H and O–H groups in total. The fourth-order valence-corrected chi connectivity index (χ4v) is 3.47. The highest BCUT2D eigenvalue weighted by atomic mass is 16.6. The van der Waals surface area contributed by atoms with E-state index in [1.54, 1.807) is 14.0 Å². The molecule has 116 valence electrons. The zero-order valence-corrected chi connectivity index (χ0v) is 12.7. The van der Waals surface area contributed by atoms with E-state index < -0.39 is 11.6 Å². The van der Waals surface area contributed by atoms with Crippen LogP contribution in [0.5, 0.6) is 0 Å². The molecule has 1 aliphatic carbocycles. The van der Waals surface area contributed by atoms with Crippen molar-refractivity contribution in [3.8, 4) is 0 Å². The van der Waals surface area contributed by atoms with Gasteiger partial charge in [-0.05, 0) is 31.2 Å². The van der Waals surface area contributed by atoms with E-state index in [9.17, 15) is 10.1 Å². The Morgan fingerprint density at radius 1 is 1.38 bits per heavy atom. The van der Waals surface area contributed by atoms with Gasteiger partial charge in [0.05, 0.1) is 0 Å². The molecule has 2 rings (SSSR count). The molecule has 4 atom stereocenters. The quantitative estimate of drug-likeness (QED) is 0.667. The van der Waals surface area contributed by atoms with Crippen molar-refractivity contribution in [1.82, 2.24) is 0 Å². The first kappa shape index (κ1) is 15.9. The second-order valence-corrected chi connectivity index (χ2v) is 6.16. The second kappa shape index (κ2) is 6.54. The Hall–Kier alpha value is -1.46. The molecule has 0 heterocycles. The minimum atomic E-state index is -1.06. The third-order valence-corrected chi connectivity index (χ3v) is 4.88. The van der Waals surface area contributed by atoms with E-state index in [4.69, 9.17) is 10.5 Å². The zero-order valence-electron chi connectivity index (χ0n) is 12.7. The van der Waals surface area contributed by atoms with Gasteiger partial charge in [0, 0.05) is 30.9 Å². The number of aryl methyl sites for hydroxylation is 1. The summed E-state index contributed by atoms with van der Waals surface area (Å²) in [5, 5.41) is 11.7. The third-order valence-electron chi connectivity index (χ3n) is 4.88. The van der Waals surface area contributed by atoms with Gasteiger partial charge in [0.1, 0.15) is 6.10 Å². The fraction of sp³-hybridized carbons (Fsp3) is 0.625. The maximum atomic E-state index is 11.7. The molecule has 1 aromatic carbocycles. The Morgan fingerprint density at radius 2 is 2.05 bits per heavy atom. The summed E-state index contributed by atoms with van der Waals surface area (Å²) >= 11 is 0. The van der Waals surface area contributed by atoms with Gasteiger partial charge in [-0.3, -0.25) is 10.1 Å². The SMILES string of the molecule is COC1CC(N)C[C@@H](CCc2ccccc2)[C@]1(C)[N+](=O)[O-]. The summed E-state index contributed by atoms with van der Waals surface area (Å²) in [7, 11) is 1.54. The number of ether oxygens (including phenoxy) is 1. The van der Waals surface area contributed by atoms with Crippen LogP contribution in [0.15, 0.2) is 30.3 Å². The highest BCUT2D eigenvalue weighted by Gasteiger charge is 2.56. The van der Waals surface area contributed by atoms with Crippen molar-refractivity contribution in [3.63, 3.8) is 0 Å². The average molecular weight is 292 g/mol. The summed E-state index contributed by atoms with van der Waals surface area (Å²) in [5.74, 6) is -0.0681. The molecule has 0 spiro atoms. The number of benzene rings is 1. The standard InChI is InChI=1S/C16H24N2O3/c1-16(18(19)20)13(10-14(17)11-15(16)21-2)9-8-12-6-4-3-5-7-12/h3-7,13-15H,8-11,17H2,1-2H3/t13-,14?,15?,16+/m1/s1. The first-order valence-corrected chi connectivity index (χ1v) is 7.45. The maximum absolute atomic E-state index is 11.7. The molecule has 1 aliphatic rings. The van der Waals surface area contributed by atoms with Crippen LogP contribution in [-0.4, -0.2) is 29.7 Å². The molecule has 5 heteroatoms. The molecule has 0 amide bonds. The third kappa shape index (κ3) is 3.24. The minimum Gasteiger partial charge on any atom is -0.374 e. The summed E-state index contributed by atoms with van der Waals surface area (Å²) in [5.41, 5.74) is 6.23. The molecule has 1 fully saturated rings. The summed E-state index contributed by atoms with van der Waals surface area (Å²) < 4.78 is 5.40. The van der Waals surface area contributed by atoms with Crippen LogP contribution < -0.4 is 5.73 Å². The highest BCUT2D eigenvalue weighted by Crippen LogP contribution is 2.39. The van der Waals surface area contributed by atoms with Crippen LogP contribution in [-0.2, 0) is 11.2 Å². The van der Waals surface area contributed by atoms with Gasteiger partial charge in [0.2, 0.25) is 5.54 Å². The monoisotopic (exact) mass is 292 g/mol. The number of rotatable bonds is 5. The van der Waals surface area contributed by atoms with Gasteiger partial charge in [0.15, 0.2) is 0 Å². The molecule has 0 bridgehead atoms. The molecule has 1 saturated carbocycles. The topological polar surface area (TPSA) is 78.4 Å². The molecular weight excluding hydrogens is 268 g/mol. The highest BCUT2D eigenvalue weighted by molar-refractivity contribution is 5.15. The van der Waals surface area contributed by atoms with E-state index in [0.29, 0.717) is 12.8 Å². The van der Waals surface area contributed by atoms with Crippen molar-refractivity contribution in [3.05, 3.63) is 46.0 Å². The number of nitro groups is 1. The van der Waals surface area contributed by atoms with E-state index >= 15 is 0 Å². The molecule has 5 nitrogen and oxygen atoms in total. The summed E-state index contributed by atoms with van der Waals surface area (Å²) in [4.78, 5) is 11.5. The van der Waals surface area contributed by atoms with Crippen LogP contribution in [0.2, 0.25) is 0 Å². The van der Waals surface area contributed by atoms with E-state index in [-0.39, 0.29) is 16.9 Å². The van der Waals surface area contributed by atoms with Crippen LogP contribution >= 0.6 is 0 Å². The van der Waals surface area contributed by atoms with Gasteiger partial charge in [-0.15, -0.1) is 0 Å². The van der Waals surface area contributed by atoms with Crippen LogP contribution in [0.3, 0.4) is 0 Å². The van der Waals surface area contributed by atoms with E-state index in [1.807, 2.05) is 18.2 Å². The molecular formula is C16H24N2O3. The van der Waals surface area contributed by atoms with Crippen molar-refractivity contribution in [2.24, 2.45) is 11.7 Å². The maximum Gasteiger partial charge on any atom is 0.247 e. The van der Waals surface area contributed by atoms with Gasteiger partial charge < -0.3 is 10.5 Å². The van der Waals surface area contributed by atoms with Crippen molar-refractivity contribution in [2.75, 3.05) is 7.11 Å². The van der Waals surface area contributed by atoms with Crippen LogP contribution in [0.4, 0.5) is 0 Å². The molecule has 0 radical (unpaired) electrons. The molecule has 0 aliphatic heterocycles. The Balaban J connectivity index is 2.15. The Morgan fingerprint density at radius 3 is 2.62 bits per heavy atom. The average Bonchev–Trinajstić information content (AvgIpc) is 2.48. The normalized spacial score (nSPS) is 32.8. The minimum absolute atomic E-state index is 0.0243. The summed E-state index contributed by atoms with van der Waals surface area (Å²) in [6.45, 7) is 1.71. The smallest absolute Gasteiger partial charge is 0.247 e. The largest absolute Gasteiger partial charge is 0.374 e. The predicted molar refractivity (Wildman–Crippen MR) is 81.7 cm³/mol. The predicted octanol–water partition coefficient (Wildman–Crippen LogP) is 2.41. The van der Waals surface area contributed by atoms with Crippen LogP contribution in [0, 0.1) is 16.0 Å². The number of hydrogen-bond donors (Lipinski definition) is 1. The number of hydrogen-bond acceptors (Lipinski definition) is 4. The van der Waals surface area contributed by atoms with Gasteiger partial charge in [-0.2, -0.15) is 0 Å². The number of nitrogens with two attached hydrogens (primary N) is 1. The van der Waals surface area contributed by atoms with Crippen molar-refractivity contribution in [1.29, 1.82) is 0 Å². The van der Waals surface area contributed by atoms with E-state index in [0.717, 1.165) is 12.8 Å². The van der Waals surface area contributed by atoms with Crippen molar-refractivity contribution >= 4 is 0 Å². The summed E-state index contributed by atoms with van der Waals surface area (Å²) in [6.07, 6.45) is 2.41. The molecule has 1 aromatic rings. The zero-order chi connectivity index (χ0) is 15.5. The first-order valence-electron chi connectivity index (χ1n) is 7.45. The Bertz CT molecular complexity index is 480. The van der Waals surface area contributed by atoms with Crippen LogP contribution in [0.1, 0.15) is 31.7 Å². The molecule has 0 aromatic heterocycles. The lowest BCUT2D eigenvalue weighted by Gasteiger charge is -2.42. The lowest BCUT2D eigenvalue weighted by molar-refractivity contribution is -0.593. The van der Waals surface area contributed by atoms with E-state index in [2.05, 4.69) is 12.1 Å². The molecule has 21 heavy (non-hydrogen) atoms. The molecule has 0 saturated heterocycles. The molecule has 2 unspecified atom stereocenters. The van der Waals surface area contributed by atoms with Gasteiger partial charge in [-0.25, -0.2) is 0 Å². The van der Waals surface area contributed by atoms with Gasteiger partial charge >= 0.3 is 0 Å². The van der Waals surface area contributed by atoms with Crippen molar-refractivity contribution in [2.45, 2.75) is 50.3 Å². The van der Waals surface area contributed by atoms with Gasteiger partial charge in [-0.1, -0.05) is 30.3 Å². The Kier molecular flexibility index (Phi) is 4.96. The number of methoxy groups -OCH3 is 1. The second-order valence-electron chi connectivity index (χ2n) is 6.16. The van der Waals surface area contributed by atoms with Gasteiger partial charge in [0.25, 0.3) is 0 Å². The Labute approximate surface area is 125 Å². The lowest BCUT2D eigenvalue weighted by atomic mass is 9.68. The first-order chi connectivity index (χ1) is 9.98. The van der Waals surface area contributed by atoms with Crippen molar-refractivity contribution < 1.29 is 9.66 Å². The fourth-order valence-electron chi connectivity index (χ4n) is 3.47. The lowest BCUT2D eigenvalue weighted by Crippen LogP contribution is -2.59. The van der Waals surface area contributed by atoms with Crippen LogP contribution in [0.25, 0.3) is 0 Å². The summed E-state index contributed by atoms with van der Waals surface area (Å²) in [6, 6.07) is 10.0.